The second-order valence-corrected chi connectivity index (χ2v) is 16.4. The molecular formula is C33H33N2O6S4+. The highest BCUT2D eigenvalue weighted by Crippen LogP contribution is 2.48. The van der Waals surface area contributed by atoms with Gasteiger partial charge in [-0.3, -0.25) is 9.11 Å². The summed E-state index contributed by atoms with van der Waals surface area (Å²) in [6, 6.07) is 26.0. The lowest BCUT2D eigenvalue weighted by Gasteiger charge is -2.28. The first-order valence-electron chi connectivity index (χ1n) is 14.5. The highest BCUT2D eigenvalue weighted by atomic mass is 32.2. The first kappa shape index (κ1) is 31.7. The maximum absolute atomic E-state index is 11.7. The lowest BCUT2D eigenvalue weighted by atomic mass is 9.77. The van der Waals surface area contributed by atoms with Crippen molar-refractivity contribution in [2.45, 2.75) is 37.1 Å². The Morgan fingerprint density at radius 1 is 0.867 bits per heavy atom. The number of aryl methyl sites for hydroxylation is 1. The van der Waals surface area contributed by atoms with Crippen LogP contribution in [0.3, 0.4) is 0 Å². The summed E-state index contributed by atoms with van der Waals surface area (Å²) in [5.74, 6) is -0.580. The van der Waals surface area contributed by atoms with Gasteiger partial charge in [0.05, 0.1) is 16.5 Å². The van der Waals surface area contributed by atoms with Gasteiger partial charge in [-0.25, -0.2) is 0 Å². The van der Waals surface area contributed by atoms with Gasteiger partial charge in [0.15, 0.2) is 6.54 Å². The van der Waals surface area contributed by atoms with Gasteiger partial charge in [-0.05, 0) is 72.2 Å². The van der Waals surface area contributed by atoms with E-state index in [-0.39, 0.29) is 30.5 Å². The van der Waals surface area contributed by atoms with Gasteiger partial charge < -0.3 is 4.90 Å². The number of fused-ring (bicyclic) bond motifs is 2. The van der Waals surface area contributed by atoms with Gasteiger partial charge in [-0.1, -0.05) is 77.7 Å². The number of benzene rings is 3. The van der Waals surface area contributed by atoms with Crippen molar-refractivity contribution in [2.75, 3.05) is 23.0 Å². The maximum atomic E-state index is 11.7. The van der Waals surface area contributed by atoms with Crippen LogP contribution >= 0.6 is 23.1 Å². The molecule has 2 aliphatic rings. The molecule has 0 radical (unpaired) electrons. The molecule has 6 rings (SSSR count). The van der Waals surface area contributed by atoms with Crippen LogP contribution in [-0.2, 0) is 26.8 Å². The number of anilines is 1. The van der Waals surface area contributed by atoms with Crippen LogP contribution in [0.25, 0.3) is 16.3 Å². The van der Waals surface area contributed by atoms with Crippen LogP contribution in [0, 0.1) is 0 Å². The molecule has 0 saturated heterocycles. The van der Waals surface area contributed by atoms with E-state index in [1.54, 1.807) is 23.1 Å². The van der Waals surface area contributed by atoms with E-state index in [9.17, 15) is 25.9 Å². The molecule has 1 aliphatic carbocycles. The topological polar surface area (TPSA) is 116 Å². The van der Waals surface area contributed by atoms with Crippen LogP contribution in [0.1, 0.15) is 36.3 Å². The Labute approximate surface area is 271 Å². The Morgan fingerprint density at radius 2 is 1.56 bits per heavy atom. The number of nitrogens with zero attached hydrogens (tertiary/aromatic N) is 2. The zero-order chi connectivity index (χ0) is 31.8. The Hall–Kier alpha value is -3.26. The van der Waals surface area contributed by atoms with Crippen LogP contribution in [0.2, 0.25) is 0 Å². The van der Waals surface area contributed by atoms with Crippen molar-refractivity contribution in [3.05, 3.63) is 117 Å². The van der Waals surface area contributed by atoms with Crippen molar-refractivity contribution >= 4 is 65.3 Å². The molecule has 1 unspecified atom stereocenters. The van der Waals surface area contributed by atoms with Gasteiger partial charge in [0, 0.05) is 23.6 Å². The molecule has 234 valence electrons. The third-order valence-corrected chi connectivity index (χ3v) is 11.8. The number of hydrogen-bond acceptors (Lipinski definition) is 7. The second kappa shape index (κ2) is 12.9. The molecule has 0 fully saturated rings. The summed E-state index contributed by atoms with van der Waals surface area (Å²) in [6.45, 7) is 2.35. The number of hydrogen-bond donors (Lipinski definition) is 2. The van der Waals surface area contributed by atoms with Gasteiger partial charge in [0.25, 0.3) is 25.2 Å². The zero-order valence-corrected chi connectivity index (χ0v) is 27.8. The number of aromatic nitrogens is 1. The van der Waals surface area contributed by atoms with Crippen molar-refractivity contribution in [3.8, 4) is 0 Å². The van der Waals surface area contributed by atoms with E-state index < -0.39 is 20.2 Å². The summed E-state index contributed by atoms with van der Waals surface area (Å²) in [5, 5.41) is 1.79. The fourth-order valence-corrected chi connectivity index (χ4v) is 9.04. The number of thioether (sulfide) groups is 1. The molecule has 3 aromatic carbocycles. The Bertz CT molecular complexity index is 2070. The van der Waals surface area contributed by atoms with Crippen LogP contribution in [0.15, 0.2) is 112 Å². The lowest BCUT2D eigenvalue weighted by molar-refractivity contribution is -0.664. The van der Waals surface area contributed by atoms with E-state index in [2.05, 4.69) is 31.2 Å². The van der Waals surface area contributed by atoms with Crippen molar-refractivity contribution < 1.29 is 30.5 Å². The van der Waals surface area contributed by atoms with Gasteiger partial charge >= 0.3 is 0 Å². The monoisotopic (exact) mass is 681 g/mol. The Balaban J connectivity index is 1.45. The molecule has 0 bridgehead atoms. The Morgan fingerprint density at radius 3 is 2.31 bits per heavy atom. The van der Waals surface area contributed by atoms with Gasteiger partial charge in [0.2, 0.25) is 5.52 Å². The molecular weight excluding hydrogens is 649 g/mol. The van der Waals surface area contributed by atoms with Gasteiger partial charge in [-0.15, -0.1) is 0 Å². The molecule has 0 saturated carbocycles. The maximum Gasteiger partial charge on any atom is 0.271 e. The average Bonchev–Trinajstić information content (AvgIpc) is 3.53. The highest BCUT2D eigenvalue weighted by Gasteiger charge is 2.30. The van der Waals surface area contributed by atoms with Crippen LogP contribution < -0.4 is 9.47 Å². The van der Waals surface area contributed by atoms with Gasteiger partial charge in [-0.2, -0.15) is 21.4 Å². The standard InChI is InChI=1S/C33H32N2O6S4/c1-23-25(21-32-34(15-17-44(36,37)38)28-11-5-7-13-30(28)42-32)19-27(24-9-3-2-4-10-24)20-26(23)22-33-35(16-18-45(39,40)41)29-12-6-8-14-31(29)43-33/h2-14,21-22,27H,15-20H2,1H3,(H-,36,37,38,39,40,41)/p+1. The molecule has 2 N–H and O–H groups in total. The minimum absolute atomic E-state index is 0.126. The quantitative estimate of drug-likeness (QED) is 0.148. The van der Waals surface area contributed by atoms with Gasteiger partial charge in [0.1, 0.15) is 10.5 Å². The third-order valence-electron chi connectivity index (χ3n) is 8.18. The van der Waals surface area contributed by atoms with E-state index in [1.165, 1.54) is 5.56 Å². The predicted molar refractivity (Wildman–Crippen MR) is 182 cm³/mol. The predicted octanol–water partition coefficient (Wildman–Crippen LogP) is 6.70. The second-order valence-electron chi connectivity index (χ2n) is 11.2. The number of para-hydroxylation sites is 2. The average molecular weight is 682 g/mol. The van der Waals surface area contributed by atoms with E-state index in [1.807, 2.05) is 76.2 Å². The van der Waals surface area contributed by atoms with E-state index in [0.29, 0.717) is 0 Å². The molecule has 8 nitrogen and oxygen atoms in total. The summed E-state index contributed by atoms with van der Waals surface area (Å²) in [6.07, 6.45) is 5.86. The third kappa shape index (κ3) is 7.43. The highest BCUT2D eigenvalue weighted by molar-refractivity contribution is 8.03. The largest absolute Gasteiger partial charge is 0.334 e. The molecule has 2 heterocycles. The summed E-state index contributed by atoms with van der Waals surface area (Å²) in [5.41, 5.74) is 6.39. The molecule has 4 aromatic rings. The van der Waals surface area contributed by atoms with E-state index >= 15 is 0 Å². The summed E-state index contributed by atoms with van der Waals surface area (Å²) < 4.78 is 68.8. The van der Waals surface area contributed by atoms with Crippen LogP contribution in [0.5, 0.6) is 0 Å². The molecule has 0 spiro atoms. The molecule has 0 amide bonds. The van der Waals surface area contributed by atoms with E-state index in [4.69, 9.17) is 0 Å². The number of rotatable bonds is 9. The molecule has 1 aromatic heterocycles. The van der Waals surface area contributed by atoms with Crippen molar-refractivity contribution in [1.29, 1.82) is 0 Å². The minimum atomic E-state index is -4.15. The first-order chi connectivity index (χ1) is 21.4. The molecule has 45 heavy (non-hydrogen) atoms. The number of allylic oxidation sites excluding steroid dienone is 4. The summed E-state index contributed by atoms with van der Waals surface area (Å²) >= 11 is 3.16. The van der Waals surface area contributed by atoms with Crippen LogP contribution in [-0.4, -0.2) is 44.0 Å². The molecule has 1 aliphatic heterocycles. The lowest BCUT2D eigenvalue weighted by Crippen LogP contribution is -2.38. The fourth-order valence-electron chi connectivity index (χ4n) is 5.90. The fraction of sp³-hybridized carbons (Fsp3) is 0.242. The molecule has 12 heteroatoms. The van der Waals surface area contributed by atoms with Crippen molar-refractivity contribution in [1.82, 2.24) is 0 Å². The van der Waals surface area contributed by atoms with Crippen LogP contribution in [0.4, 0.5) is 5.69 Å². The van der Waals surface area contributed by atoms with Crippen molar-refractivity contribution in [2.24, 2.45) is 0 Å². The number of thiazole rings is 1. The first-order valence-corrected chi connectivity index (χ1v) is 19.3. The minimum Gasteiger partial charge on any atom is -0.334 e. The molecule has 1 atom stereocenters. The summed E-state index contributed by atoms with van der Waals surface area (Å²) in [4.78, 5) is 2.98. The normalized spacial score (nSPS) is 19.2. The smallest absolute Gasteiger partial charge is 0.271 e. The SMILES string of the molecule is CC1=C(C=C2Sc3ccccc3N2CCS(=O)(=O)O)CC(c2ccccc2)CC1=Cc1sc2ccccc2[n+]1CCS(=O)(=O)O. The summed E-state index contributed by atoms with van der Waals surface area (Å²) in [7, 11) is -8.31. The van der Waals surface area contributed by atoms with E-state index in [0.717, 1.165) is 60.4 Å². The zero-order valence-electron chi connectivity index (χ0n) is 24.5. The van der Waals surface area contributed by atoms with Crippen molar-refractivity contribution in [3.63, 3.8) is 0 Å². The Kier molecular flexibility index (Phi) is 9.06.